The van der Waals surface area contributed by atoms with Crippen LogP contribution in [-0.4, -0.2) is 120 Å². The number of aliphatic hydroxyl groups is 1. The van der Waals surface area contributed by atoms with Crippen LogP contribution in [0.15, 0.2) is 0 Å². The van der Waals surface area contributed by atoms with Crippen molar-refractivity contribution in [1.82, 2.24) is 5.32 Å². The Kier molecular flexibility index (Phi) is 27.5. The number of hydrogen-bond acceptors (Lipinski definition) is 16. The van der Waals surface area contributed by atoms with Gasteiger partial charge in [0.25, 0.3) is 0 Å². The van der Waals surface area contributed by atoms with E-state index in [0.717, 1.165) is 95.4 Å². The zero-order valence-electron chi connectivity index (χ0n) is 44.1. The molecule has 0 aromatic carbocycles. The van der Waals surface area contributed by atoms with Crippen molar-refractivity contribution in [3.63, 3.8) is 0 Å². The summed E-state index contributed by atoms with van der Waals surface area (Å²) in [6, 6.07) is -0.0116. The van der Waals surface area contributed by atoms with Crippen LogP contribution in [0.1, 0.15) is 144 Å². The molecule has 2 unspecified atom stereocenters. The Morgan fingerprint density at radius 3 is 1.72 bits per heavy atom. The minimum atomic E-state index is -0.167. The zero-order chi connectivity index (χ0) is 49.1. The second kappa shape index (κ2) is 30.7. The number of hydrogen-bond donors (Lipinski definition) is 2. The van der Waals surface area contributed by atoms with E-state index in [9.17, 15) is 33.9 Å². The minimum absolute atomic E-state index is 0. The molecule has 9 saturated carbocycles. The van der Waals surface area contributed by atoms with E-state index in [1.54, 1.807) is 0 Å². The van der Waals surface area contributed by atoms with E-state index in [1.807, 2.05) is 13.2 Å². The van der Waals surface area contributed by atoms with Crippen LogP contribution >= 0.6 is 24.0 Å². The van der Waals surface area contributed by atoms with Gasteiger partial charge in [0.2, 0.25) is 4.38 Å². The summed E-state index contributed by atoms with van der Waals surface area (Å²) in [7, 11) is 5.89. The average Bonchev–Trinajstić information content (AvgIpc) is 4.18. The van der Waals surface area contributed by atoms with Crippen molar-refractivity contribution < 1.29 is 93.3 Å². The summed E-state index contributed by atoms with van der Waals surface area (Å²) in [5.41, 5.74) is 0. The molecule has 10 fully saturated rings. The van der Waals surface area contributed by atoms with Crippen molar-refractivity contribution in [2.24, 2.45) is 82.9 Å². The first-order chi connectivity index (χ1) is 32.8. The maximum Gasteiger partial charge on any atom is 1.00 e. The summed E-state index contributed by atoms with van der Waals surface area (Å²) in [5.74, 6) is 5.43. The molecule has 0 amide bonds. The van der Waals surface area contributed by atoms with Gasteiger partial charge in [-0.15, -0.1) is 0 Å². The summed E-state index contributed by atoms with van der Waals surface area (Å²) in [5, 5.41) is 12.9. The Bertz CT molecular complexity index is 1730. The zero-order valence-corrected chi connectivity index (χ0v) is 46.7. The topological polar surface area (TPSA) is 190 Å². The van der Waals surface area contributed by atoms with Crippen molar-refractivity contribution in [1.29, 1.82) is 0 Å². The number of carbonyl (C=O) groups excluding carboxylic acids is 6. The van der Waals surface area contributed by atoms with E-state index >= 15 is 0 Å². The van der Waals surface area contributed by atoms with Crippen molar-refractivity contribution in [3.8, 4) is 0 Å². The molecule has 0 bridgehead atoms. The fourth-order valence-electron chi connectivity index (χ4n) is 14.8. The normalized spacial score (nSPS) is 36.8. The third-order valence-electron chi connectivity index (χ3n) is 18.1. The molecule has 1 saturated heterocycles. The SMILES string of the molecule is C.CCOC(=O)[C@H]1CC[C@@H]2C(=O)CC[C@@H]21.COC(=O)[C@H]1CC[C@@H]2C(O)CC[C@H]12.COC(=O)[C@H]1CC[C@@H]2C(OC(=S)SC)CC[C@H]12.COC(=O)[C@H]1CC[C@@H]2CCC[C@@H]21.COC(=O)[C@H]1NC[C@@H]2CCC[C@@H]21.[B].[H-].[Na+]. The van der Waals surface area contributed by atoms with Gasteiger partial charge in [0.05, 0.1) is 64.8 Å². The van der Waals surface area contributed by atoms with Crippen LogP contribution in [0.2, 0.25) is 0 Å². The smallest absolute Gasteiger partial charge is 1.00 e. The summed E-state index contributed by atoms with van der Waals surface area (Å²) >= 11 is 6.58. The summed E-state index contributed by atoms with van der Waals surface area (Å²) in [4.78, 5) is 68.6. The molecule has 9 aliphatic carbocycles. The Morgan fingerprint density at radius 1 is 0.606 bits per heavy atom. The summed E-state index contributed by atoms with van der Waals surface area (Å²) in [6.45, 7) is 3.27. The van der Waals surface area contributed by atoms with Crippen LogP contribution < -0.4 is 34.9 Å². The van der Waals surface area contributed by atoms with Crippen molar-refractivity contribution in [3.05, 3.63) is 0 Å². The fourth-order valence-corrected chi connectivity index (χ4v) is 15.1. The summed E-state index contributed by atoms with van der Waals surface area (Å²) < 4.78 is 30.6. The van der Waals surface area contributed by atoms with Crippen molar-refractivity contribution in [2.45, 2.75) is 161 Å². The third-order valence-corrected chi connectivity index (χ3v) is 19.1. The first-order valence-corrected chi connectivity index (χ1v) is 27.6. The monoisotopic (exact) mass is 1040 g/mol. The number of aliphatic hydroxyl groups excluding tert-OH is 1. The number of thiocarbonyl (C=S) groups is 1. The number of thioether (sulfide) groups is 1. The van der Waals surface area contributed by atoms with Crippen molar-refractivity contribution in [2.75, 3.05) is 47.8 Å². The van der Waals surface area contributed by atoms with Gasteiger partial charge < -0.3 is 40.3 Å². The number of Topliss-reactive ketones (excluding diaryl/α,β-unsaturated/α-hetero) is 1. The Hall–Kier alpha value is -1.76. The maximum atomic E-state index is 11.6. The molecule has 18 heteroatoms. The number of ketones is 1. The van der Waals surface area contributed by atoms with Crippen LogP contribution in [0.3, 0.4) is 0 Å². The molecule has 397 valence electrons. The molecular formula is C53H86BNNaO13S2. The predicted octanol–water partition coefficient (Wildman–Crippen LogP) is 5.05. The average molecular weight is 1040 g/mol. The van der Waals surface area contributed by atoms with Crippen LogP contribution in [0.4, 0.5) is 0 Å². The maximum absolute atomic E-state index is 11.6. The number of fused-ring (bicyclic) bond motifs is 5. The van der Waals surface area contributed by atoms with Crippen LogP contribution in [0.5, 0.6) is 0 Å². The molecule has 0 aromatic heterocycles. The summed E-state index contributed by atoms with van der Waals surface area (Å²) in [6.07, 6.45) is 23.1. The molecule has 2 N–H and O–H groups in total. The predicted molar refractivity (Wildman–Crippen MR) is 273 cm³/mol. The number of ether oxygens (including phenoxy) is 6. The van der Waals surface area contributed by atoms with Crippen LogP contribution in [0.25, 0.3) is 0 Å². The molecule has 1 heterocycles. The first-order valence-electron chi connectivity index (χ1n) is 26.0. The molecule has 10 aliphatic rings. The van der Waals surface area contributed by atoms with Crippen molar-refractivity contribution >= 4 is 72.4 Å². The minimum Gasteiger partial charge on any atom is -1.00 e. The third kappa shape index (κ3) is 15.4. The molecule has 71 heavy (non-hydrogen) atoms. The van der Waals surface area contributed by atoms with Crippen LogP contribution in [-0.2, 0) is 57.2 Å². The number of carbonyl (C=O) groups is 6. The van der Waals surface area contributed by atoms with E-state index in [-0.39, 0.29) is 125 Å². The number of methoxy groups -OCH3 is 4. The van der Waals surface area contributed by atoms with Gasteiger partial charge >= 0.3 is 59.4 Å². The number of rotatable bonds is 7. The molecule has 10 rings (SSSR count). The van der Waals surface area contributed by atoms with Gasteiger partial charge in [0.15, 0.2) is 0 Å². The quantitative estimate of drug-likeness (QED) is 0.149. The van der Waals surface area contributed by atoms with E-state index in [4.69, 9.17) is 40.6 Å². The van der Waals surface area contributed by atoms with Crippen LogP contribution in [0, 0.1) is 82.9 Å². The second-order valence-corrected chi connectivity index (χ2v) is 22.3. The van der Waals surface area contributed by atoms with E-state index in [0.29, 0.717) is 64.6 Å². The molecular weight excluding hydrogens is 957 g/mol. The number of esters is 5. The second-order valence-electron chi connectivity index (χ2n) is 20.9. The fraction of sp³-hybridized carbons (Fsp3) is 0.868. The molecule has 0 aromatic rings. The van der Waals surface area contributed by atoms with Gasteiger partial charge in [-0.05, 0) is 188 Å². The molecule has 17 atom stereocenters. The molecule has 1 aliphatic heterocycles. The van der Waals surface area contributed by atoms with E-state index < -0.39 is 0 Å². The van der Waals surface area contributed by atoms with Gasteiger partial charge in [-0.2, -0.15) is 0 Å². The Labute approximate surface area is 459 Å². The van der Waals surface area contributed by atoms with Gasteiger partial charge in [-0.3, -0.25) is 28.8 Å². The Balaban J connectivity index is 0.000000306. The van der Waals surface area contributed by atoms with Gasteiger partial charge in [-0.25, -0.2) is 0 Å². The standard InChI is InChI=1S/C12H18O3S2.C11H16O3.C10H16O3.C10H16O2.C9H15NO2.CH4.B.Na.H/c1-14-11(13)9-4-3-8-7(9)5-6-10(8)15-12(16)17-2;1-2-14-11(13)9-4-3-8-7(9)5-6-10(8)12;1-13-10(12)8-3-2-7-6(8)4-5-9(7)11;1-12-10(11)9-6-5-7-3-2-4-8(7)9;1-12-9(11)8-7-4-2-3-6(7)5-10-8;;;;/h7-10H,3-6H2,1-2H3;7-9H,2-6H2,1H3;6-9,11H,2-5H2,1H3;7-9H,2-6H2,1H3;6-8,10H,2-5H2,1H3;1H4;;;/q;;;;;;;+1;-1/t7-,8-,9-,10?;7-,8-,9-;6-,7-,8-,9?;7-,8-,9-;6-,7-,8-;;;;/m00000..../s1. The number of nitrogens with one attached hydrogen (secondary N) is 1. The molecule has 3 radical (unpaired) electrons. The van der Waals surface area contributed by atoms with E-state index in [1.165, 1.54) is 85.1 Å². The largest absolute Gasteiger partial charge is 1.00 e. The van der Waals surface area contributed by atoms with Gasteiger partial charge in [0, 0.05) is 20.8 Å². The molecule has 0 spiro atoms. The van der Waals surface area contributed by atoms with Gasteiger partial charge in [-0.1, -0.05) is 38.5 Å². The Morgan fingerprint density at radius 2 is 1.11 bits per heavy atom. The first kappa shape index (κ1) is 63.5. The molecule has 14 nitrogen and oxygen atoms in total. The van der Waals surface area contributed by atoms with E-state index in [2.05, 4.69) is 5.32 Å². The van der Waals surface area contributed by atoms with Gasteiger partial charge in [0.1, 0.15) is 17.9 Å².